The first kappa shape index (κ1) is 14.8. The van der Waals surface area contributed by atoms with Gasteiger partial charge in [-0.25, -0.2) is 4.79 Å². The molecule has 6 heteroatoms. The van der Waals surface area contributed by atoms with Crippen molar-refractivity contribution < 1.29 is 19.4 Å². The van der Waals surface area contributed by atoms with Crippen LogP contribution in [0.2, 0.25) is 0 Å². The molecular weight excluding hydrogens is 236 g/mol. The first-order chi connectivity index (χ1) is 8.59. The maximum Gasteiger partial charge on any atom is 0.314 e. The number of carboxylic acids is 1. The van der Waals surface area contributed by atoms with Gasteiger partial charge in [0.05, 0.1) is 12.0 Å². The number of aliphatic carboxylic acids is 1. The lowest BCUT2D eigenvalue weighted by molar-refractivity contribution is -0.141. The first-order valence-corrected chi connectivity index (χ1v) is 6.45. The van der Waals surface area contributed by atoms with Gasteiger partial charge >= 0.3 is 12.0 Å². The normalized spacial score (nSPS) is 20.4. The molecule has 1 heterocycles. The molecule has 0 saturated carbocycles. The average molecular weight is 258 g/mol. The number of hydrogen-bond acceptors (Lipinski definition) is 3. The minimum atomic E-state index is -0.837. The highest BCUT2D eigenvalue weighted by molar-refractivity contribution is 5.74. The van der Waals surface area contributed by atoms with E-state index >= 15 is 0 Å². The quantitative estimate of drug-likeness (QED) is 0.635. The molecule has 0 radical (unpaired) electrons. The van der Waals surface area contributed by atoms with E-state index in [4.69, 9.17) is 9.84 Å². The Morgan fingerprint density at radius 1 is 1.39 bits per heavy atom. The topological polar surface area (TPSA) is 87.7 Å². The van der Waals surface area contributed by atoms with Crippen LogP contribution in [0.1, 0.15) is 32.6 Å². The van der Waals surface area contributed by atoms with E-state index < -0.39 is 11.9 Å². The van der Waals surface area contributed by atoms with Crippen molar-refractivity contribution in [3.8, 4) is 0 Å². The Morgan fingerprint density at radius 2 is 2.11 bits per heavy atom. The Hall–Kier alpha value is -1.30. The van der Waals surface area contributed by atoms with Gasteiger partial charge in [-0.2, -0.15) is 0 Å². The molecule has 2 amide bonds. The summed E-state index contributed by atoms with van der Waals surface area (Å²) < 4.78 is 5.44. The third kappa shape index (κ3) is 5.86. The predicted molar refractivity (Wildman–Crippen MR) is 66.4 cm³/mol. The third-order valence-corrected chi connectivity index (χ3v) is 3.06. The van der Waals surface area contributed by atoms with Gasteiger partial charge in [-0.05, 0) is 25.7 Å². The van der Waals surface area contributed by atoms with E-state index in [-0.39, 0.29) is 12.1 Å². The predicted octanol–water partition coefficient (Wildman–Crippen LogP) is 0.965. The standard InChI is InChI=1S/C12H22N2O4/c1-9(11(15)16)4-6-13-12(17)14-7-5-10-3-2-8-18-10/h9-10H,2-8H2,1H3,(H,15,16)(H2,13,14,17). The molecular formula is C12H22N2O4. The Bertz CT molecular complexity index is 277. The van der Waals surface area contributed by atoms with Gasteiger partial charge < -0.3 is 20.5 Å². The summed E-state index contributed by atoms with van der Waals surface area (Å²) in [4.78, 5) is 21.9. The monoisotopic (exact) mass is 258 g/mol. The first-order valence-electron chi connectivity index (χ1n) is 6.45. The van der Waals surface area contributed by atoms with Crippen LogP contribution in [0.25, 0.3) is 0 Å². The number of carboxylic acid groups (broad SMARTS) is 1. The molecule has 1 rings (SSSR count). The summed E-state index contributed by atoms with van der Waals surface area (Å²) in [6.45, 7) is 3.41. The van der Waals surface area contributed by atoms with Crippen LogP contribution in [0.4, 0.5) is 4.79 Å². The van der Waals surface area contributed by atoms with Crippen LogP contribution in [0.5, 0.6) is 0 Å². The SMILES string of the molecule is CC(CCNC(=O)NCCC1CCCO1)C(=O)O. The molecule has 2 unspecified atom stereocenters. The van der Waals surface area contributed by atoms with Crippen molar-refractivity contribution in [2.24, 2.45) is 5.92 Å². The minimum Gasteiger partial charge on any atom is -0.481 e. The largest absolute Gasteiger partial charge is 0.481 e. The number of urea groups is 1. The van der Waals surface area contributed by atoms with E-state index in [0.29, 0.717) is 19.5 Å². The fourth-order valence-corrected chi connectivity index (χ4v) is 1.81. The van der Waals surface area contributed by atoms with Crippen LogP contribution in [-0.4, -0.2) is 42.9 Å². The van der Waals surface area contributed by atoms with E-state index in [2.05, 4.69) is 10.6 Å². The van der Waals surface area contributed by atoms with Crippen molar-refractivity contribution in [3.05, 3.63) is 0 Å². The van der Waals surface area contributed by atoms with E-state index in [1.807, 2.05) is 0 Å². The second-order valence-electron chi connectivity index (χ2n) is 4.63. The van der Waals surface area contributed by atoms with Gasteiger partial charge in [0, 0.05) is 19.7 Å². The summed E-state index contributed by atoms with van der Waals surface area (Å²) in [5.74, 6) is -1.27. The lowest BCUT2D eigenvalue weighted by Crippen LogP contribution is -2.38. The lowest BCUT2D eigenvalue weighted by Gasteiger charge is -2.11. The number of nitrogens with one attached hydrogen (secondary N) is 2. The number of ether oxygens (including phenoxy) is 1. The van der Waals surface area contributed by atoms with Gasteiger partial charge in [0.2, 0.25) is 0 Å². The zero-order valence-corrected chi connectivity index (χ0v) is 10.8. The lowest BCUT2D eigenvalue weighted by atomic mass is 10.1. The zero-order valence-electron chi connectivity index (χ0n) is 10.8. The summed E-state index contributed by atoms with van der Waals surface area (Å²) in [6.07, 6.45) is 3.72. The summed E-state index contributed by atoms with van der Waals surface area (Å²) in [5, 5.41) is 14.0. The van der Waals surface area contributed by atoms with Gasteiger partial charge in [-0.3, -0.25) is 4.79 Å². The number of hydrogen-bond donors (Lipinski definition) is 3. The molecule has 18 heavy (non-hydrogen) atoms. The smallest absolute Gasteiger partial charge is 0.314 e. The fraction of sp³-hybridized carbons (Fsp3) is 0.833. The molecule has 0 aliphatic carbocycles. The Labute approximate surface area is 107 Å². The minimum absolute atomic E-state index is 0.245. The van der Waals surface area contributed by atoms with Crippen LogP contribution in [0.3, 0.4) is 0 Å². The van der Waals surface area contributed by atoms with Gasteiger partial charge in [0.1, 0.15) is 0 Å². The zero-order chi connectivity index (χ0) is 13.4. The van der Waals surface area contributed by atoms with Gasteiger partial charge in [-0.15, -0.1) is 0 Å². The molecule has 1 saturated heterocycles. The summed E-state index contributed by atoms with van der Waals surface area (Å²) in [7, 11) is 0. The van der Waals surface area contributed by atoms with Crippen molar-refractivity contribution >= 4 is 12.0 Å². The second-order valence-corrected chi connectivity index (χ2v) is 4.63. The molecule has 1 aliphatic rings. The highest BCUT2D eigenvalue weighted by Crippen LogP contribution is 2.14. The number of amides is 2. The van der Waals surface area contributed by atoms with Gasteiger partial charge in [0.15, 0.2) is 0 Å². The molecule has 2 atom stereocenters. The molecule has 1 aliphatic heterocycles. The van der Waals surface area contributed by atoms with Gasteiger partial charge in [0.25, 0.3) is 0 Å². The summed E-state index contributed by atoms with van der Waals surface area (Å²) >= 11 is 0. The molecule has 3 N–H and O–H groups in total. The third-order valence-electron chi connectivity index (χ3n) is 3.06. The maximum atomic E-state index is 11.4. The van der Waals surface area contributed by atoms with Crippen LogP contribution in [-0.2, 0) is 9.53 Å². The van der Waals surface area contributed by atoms with Crippen LogP contribution in [0.15, 0.2) is 0 Å². The fourth-order valence-electron chi connectivity index (χ4n) is 1.81. The Kier molecular flexibility index (Phi) is 6.49. The molecule has 0 bridgehead atoms. The number of carbonyl (C=O) groups is 2. The van der Waals surface area contributed by atoms with E-state index in [1.165, 1.54) is 0 Å². The number of rotatable bonds is 7. The van der Waals surface area contributed by atoms with E-state index in [9.17, 15) is 9.59 Å². The van der Waals surface area contributed by atoms with Crippen LogP contribution < -0.4 is 10.6 Å². The van der Waals surface area contributed by atoms with Crippen molar-refractivity contribution in [1.29, 1.82) is 0 Å². The summed E-state index contributed by atoms with van der Waals surface area (Å²) in [5.41, 5.74) is 0. The van der Waals surface area contributed by atoms with Crippen LogP contribution >= 0.6 is 0 Å². The molecule has 0 aromatic carbocycles. The molecule has 104 valence electrons. The van der Waals surface area contributed by atoms with Crippen molar-refractivity contribution in [1.82, 2.24) is 10.6 Å². The highest BCUT2D eigenvalue weighted by Gasteiger charge is 2.15. The Balaban J connectivity index is 1.98. The van der Waals surface area contributed by atoms with Crippen molar-refractivity contribution in [3.63, 3.8) is 0 Å². The van der Waals surface area contributed by atoms with E-state index in [1.54, 1.807) is 6.92 Å². The highest BCUT2D eigenvalue weighted by atomic mass is 16.5. The average Bonchev–Trinajstić information content (AvgIpc) is 2.81. The maximum absolute atomic E-state index is 11.4. The van der Waals surface area contributed by atoms with Crippen LogP contribution in [0, 0.1) is 5.92 Å². The second kappa shape index (κ2) is 7.92. The summed E-state index contributed by atoms with van der Waals surface area (Å²) in [6, 6.07) is -0.245. The van der Waals surface area contributed by atoms with Crippen molar-refractivity contribution in [2.75, 3.05) is 19.7 Å². The Morgan fingerprint density at radius 3 is 2.72 bits per heavy atom. The molecule has 0 aromatic rings. The van der Waals surface area contributed by atoms with Gasteiger partial charge in [-0.1, -0.05) is 6.92 Å². The molecule has 0 aromatic heterocycles. The number of carbonyl (C=O) groups excluding carboxylic acids is 1. The van der Waals surface area contributed by atoms with E-state index in [0.717, 1.165) is 25.9 Å². The van der Waals surface area contributed by atoms with Crippen molar-refractivity contribution in [2.45, 2.75) is 38.7 Å². The molecule has 0 spiro atoms. The molecule has 1 fully saturated rings. The molecule has 6 nitrogen and oxygen atoms in total.